The standard InChI is InChI=1S/C29H40O4/c1-6-8-21(3)18-24-10-14-26(15-11-24)28(30)32-20-23(5)33-29(31)27-16-12-25(13-17-27)19-22(4)9-7-2/h10-17,21-23H,6-9,18-20H2,1-5H3. The highest BCUT2D eigenvalue weighted by atomic mass is 16.6. The Morgan fingerprint density at radius 1 is 0.697 bits per heavy atom. The van der Waals surface area contributed by atoms with Crippen LogP contribution in [0.25, 0.3) is 0 Å². The summed E-state index contributed by atoms with van der Waals surface area (Å²) in [4.78, 5) is 24.8. The molecule has 0 heterocycles. The molecule has 2 aromatic carbocycles. The molecule has 0 aliphatic heterocycles. The Morgan fingerprint density at radius 2 is 1.12 bits per heavy atom. The monoisotopic (exact) mass is 452 g/mol. The molecule has 0 saturated heterocycles. The van der Waals surface area contributed by atoms with Crippen molar-refractivity contribution in [3.05, 3.63) is 70.8 Å². The Morgan fingerprint density at radius 3 is 1.55 bits per heavy atom. The van der Waals surface area contributed by atoms with Crippen molar-refractivity contribution in [3.8, 4) is 0 Å². The van der Waals surface area contributed by atoms with Crippen molar-refractivity contribution in [1.82, 2.24) is 0 Å². The van der Waals surface area contributed by atoms with Crippen LogP contribution < -0.4 is 0 Å². The minimum absolute atomic E-state index is 0.0203. The SMILES string of the molecule is CCCC(C)Cc1ccc(C(=O)OCC(C)OC(=O)c2ccc(CC(C)CCC)cc2)cc1. The molecule has 3 atom stereocenters. The molecule has 2 rings (SSSR count). The van der Waals surface area contributed by atoms with E-state index in [-0.39, 0.29) is 6.61 Å². The summed E-state index contributed by atoms with van der Waals surface area (Å²) < 4.78 is 10.8. The quantitative estimate of drug-likeness (QED) is 0.306. The Bertz CT molecular complexity index is 854. The van der Waals surface area contributed by atoms with Gasteiger partial charge in [-0.25, -0.2) is 9.59 Å². The fraction of sp³-hybridized carbons (Fsp3) is 0.517. The van der Waals surface area contributed by atoms with E-state index in [2.05, 4.69) is 27.7 Å². The van der Waals surface area contributed by atoms with E-state index in [1.807, 2.05) is 24.3 Å². The zero-order valence-corrected chi connectivity index (χ0v) is 20.9. The lowest BCUT2D eigenvalue weighted by atomic mass is 9.96. The highest BCUT2D eigenvalue weighted by molar-refractivity contribution is 5.90. The first-order chi connectivity index (χ1) is 15.8. The lowest BCUT2D eigenvalue weighted by Crippen LogP contribution is -2.22. The van der Waals surface area contributed by atoms with Crippen molar-refractivity contribution in [1.29, 1.82) is 0 Å². The smallest absolute Gasteiger partial charge is 0.338 e. The molecule has 0 aromatic heterocycles. The number of ether oxygens (including phenoxy) is 2. The van der Waals surface area contributed by atoms with Crippen LogP contribution in [0.2, 0.25) is 0 Å². The van der Waals surface area contributed by atoms with E-state index in [1.165, 1.54) is 36.8 Å². The van der Waals surface area contributed by atoms with E-state index in [0.717, 1.165) is 12.8 Å². The van der Waals surface area contributed by atoms with Crippen LogP contribution >= 0.6 is 0 Å². The third kappa shape index (κ3) is 9.41. The lowest BCUT2D eigenvalue weighted by molar-refractivity contribution is 0.00448. The summed E-state index contributed by atoms with van der Waals surface area (Å²) in [5.74, 6) is 0.446. The summed E-state index contributed by atoms with van der Waals surface area (Å²) in [7, 11) is 0. The maximum Gasteiger partial charge on any atom is 0.338 e. The topological polar surface area (TPSA) is 52.6 Å². The van der Waals surface area contributed by atoms with Crippen molar-refractivity contribution in [2.45, 2.75) is 79.2 Å². The van der Waals surface area contributed by atoms with Crippen LogP contribution in [-0.2, 0) is 22.3 Å². The number of rotatable bonds is 13. The summed E-state index contributed by atoms with van der Waals surface area (Å²) >= 11 is 0. The van der Waals surface area contributed by atoms with Gasteiger partial charge in [0, 0.05) is 0 Å². The molecule has 4 heteroatoms. The second-order valence-electron chi connectivity index (χ2n) is 9.40. The molecule has 0 amide bonds. The molecular formula is C29H40O4. The van der Waals surface area contributed by atoms with Gasteiger partial charge in [0.25, 0.3) is 0 Å². The highest BCUT2D eigenvalue weighted by Gasteiger charge is 2.15. The fourth-order valence-electron chi connectivity index (χ4n) is 4.11. The molecule has 0 aliphatic carbocycles. The van der Waals surface area contributed by atoms with Crippen molar-refractivity contribution >= 4 is 11.9 Å². The van der Waals surface area contributed by atoms with Gasteiger partial charge >= 0.3 is 11.9 Å². The van der Waals surface area contributed by atoms with Crippen molar-refractivity contribution in [2.75, 3.05) is 6.61 Å². The zero-order chi connectivity index (χ0) is 24.2. The van der Waals surface area contributed by atoms with Gasteiger partial charge in [0.2, 0.25) is 0 Å². The molecule has 0 aliphatic rings. The number of benzene rings is 2. The van der Waals surface area contributed by atoms with Crippen LogP contribution in [0.3, 0.4) is 0 Å². The first-order valence-corrected chi connectivity index (χ1v) is 12.4. The van der Waals surface area contributed by atoms with Crippen LogP contribution in [0.15, 0.2) is 48.5 Å². The molecule has 0 N–H and O–H groups in total. The minimum Gasteiger partial charge on any atom is -0.458 e. The van der Waals surface area contributed by atoms with Crippen LogP contribution in [0.5, 0.6) is 0 Å². The van der Waals surface area contributed by atoms with Crippen LogP contribution in [-0.4, -0.2) is 24.6 Å². The van der Waals surface area contributed by atoms with Gasteiger partial charge in [0.1, 0.15) is 12.7 Å². The normalized spacial score (nSPS) is 13.7. The number of carbonyl (C=O) groups excluding carboxylic acids is 2. The van der Waals surface area contributed by atoms with Gasteiger partial charge < -0.3 is 9.47 Å². The summed E-state index contributed by atoms with van der Waals surface area (Å²) in [6, 6.07) is 15.2. The predicted molar refractivity (Wildman–Crippen MR) is 134 cm³/mol. The van der Waals surface area contributed by atoms with Gasteiger partial charge in [-0.2, -0.15) is 0 Å². The van der Waals surface area contributed by atoms with E-state index in [9.17, 15) is 9.59 Å². The molecule has 4 nitrogen and oxygen atoms in total. The number of hydrogen-bond donors (Lipinski definition) is 0. The lowest BCUT2D eigenvalue weighted by Gasteiger charge is -2.15. The molecule has 0 saturated carbocycles. The summed E-state index contributed by atoms with van der Waals surface area (Å²) in [6.45, 7) is 10.6. The van der Waals surface area contributed by atoms with Gasteiger partial charge in [-0.3, -0.25) is 0 Å². The first kappa shape index (κ1) is 26.6. The van der Waals surface area contributed by atoms with E-state index < -0.39 is 18.0 Å². The van der Waals surface area contributed by atoms with E-state index in [0.29, 0.717) is 23.0 Å². The zero-order valence-electron chi connectivity index (χ0n) is 20.9. The predicted octanol–water partition coefficient (Wildman–Crippen LogP) is 7.05. The van der Waals surface area contributed by atoms with Gasteiger partial charge in [0.05, 0.1) is 11.1 Å². The molecule has 0 radical (unpaired) electrons. The van der Waals surface area contributed by atoms with Crippen molar-refractivity contribution in [3.63, 3.8) is 0 Å². The maximum atomic E-state index is 12.4. The van der Waals surface area contributed by atoms with Gasteiger partial charge in [-0.15, -0.1) is 0 Å². The number of carbonyl (C=O) groups is 2. The molecule has 0 bridgehead atoms. The average molecular weight is 453 g/mol. The van der Waals surface area contributed by atoms with Gasteiger partial charge in [0.15, 0.2) is 0 Å². The van der Waals surface area contributed by atoms with E-state index in [4.69, 9.17) is 9.47 Å². The molecule has 180 valence electrons. The molecule has 3 unspecified atom stereocenters. The summed E-state index contributed by atoms with van der Waals surface area (Å²) in [5.41, 5.74) is 3.46. The van der Waals surface area contributed by atoms with Crippen LogP contribution in [0.4, 0.5) is 0 Å². The van der Waals surface area contributed by atoms with Crippen LogP contribution in [0.1, 0.15) is 92.1 Å². The molecule has 0 spiro atoms. The highest BCUT2D eigenvalue weighted by Crippen LogP contribution is 2.16. The van der Waals surface area contributed by atoms with Gasteiger partial charge in [-0.05, 0) is 67.0 Å². The third-order valence-corrected chi connectivity index (χ3v) is 5.87. The molecule has 33 heavy (non-hydrogen) atoms. The third-order valence-electron chi connectivity index (χ3n) is 5.87. The Hall–Kier alpha value is -2.62. The fourth-order valence-corrected chi connectivity index (χ4v) is 4.11. The van der Waals surface area contributed by atoms with Crippen molar-refractivity contribution < 1.29 is 19.1 Å². The van der Waals surface area contributed by atoms with E-state index in [1.54, 1.807) is 31.2 Å². The number of esters is 2. The average Bonchev–Trinajstić information content (AvgIpc) is 2.78. The number of hydrogen-bond acceptors (Lipinski definition) is 4. The molecule has 0 fully saturated rings. The molecule has 2 aromatic rings. The second-order valence-corrected chi connectivity index (χ2v) is 9.40. The van der Waals surface area contributed by atoms with Crippen molar-refractivity contribution in [2.24, 2.45) is 11.8 Å². The van der Waals surface area contributed by atoms with Crippen LogP contribution in [0, 0.1) is 11.8 Å². The molecular weight excluding hydrogens is 412 g/mol. The maximum absolute atomic E-state index is 12.4. The second kappa shape index (κ2) is 13.8. The Balaban J connectivity index is 1.79. The summed E-state index contributed by atoms with van der Waals surface area (Å²) in [6.07, 6.45) is 6.24. The first-order valence-electron chi connectivity index (χ1n) is 12.4. The Labute approximate surface area is 199 Å². The van der Waals surface area contributed by atoms with Gasteiger partial charge in [-0.1, -0.05) is 77.6 Å². The summed E-state index contributed by atoms with van der Waals surface area (Å²) in [5, 5.41) is 0. The van der Waals surface area contributed by atoms with E-state index >= 15 is 0 Å². The Kier molecular flexibility index (Phi) is 11.2. The largest absolute Gasteiger partial charge is 0.458 e. The minimum atomic E-state index is -0.528.